The molecule has 100 valence electrons. The molecule has 0 aliphatic carbocycles. The van der Waals surface area contributed by atoms with Crippen LogP contribution in [0.2, 0.25) is 0 Å². The number of benzene rings is 1. The van der Waals surface area contributed by atoms with Gasteiger partial charge in [0.1, 0.15) is 0 Å². The Hall–Kier alpha value is -0.860. The molecule has 1 aromatic carbocycles. The Morgan fingerprint density at radius 2 is 2.11 bits per heavy atom. The molecule has 0 bridgehead atoms. The van der Waals surface area contributed by atoms with Gasteiger partial charge in [0.15, 0.2) is 0 Å². The van der Waals surface area contributed by atoms with E-state index < -0.39 is 0 Å². The maximum absolute atomic E-state index is 5.89. The molecule has 2 heteroatoms. The molecule has 1 aliphatic heterocycles. The fourth-order valence-corrected chi connectivity index (χ4v) is 2.31. The molecular weight excluding hydrogens is 222 g/mol. The van der Waals surface area contributed by atoms with Crippen molar-refractivity contribution < 1.29 is 4.74 Å². The molecule has 0 saturated heterocycles. The highest BCUT2D eigenvalue weighted by molar-refractivity contribution is 5.31. The monoisotopic (exact) mass is 247 g/mol. The summed E-state index contributed by atoms with van der Waals surface area (Å²) < 4.78 is 5.89. The molecule has 1 aromatic rings. The van der Waals surface area contributed by atoms with Gasteiger partial charge in [0.05, 0.1) is 12.7 Å². The quantitative estimate of drug-likeness (QED) is 0.861. The van der Waals surface area contributed by atoms with Gasteiger partial charge in [0.2, 0.25) is 0 Å². The van der Waals surface area contributed by atoms with Gasteiger partial charge in [0.25, 0.3) is 0 Å². The highest BCUT2D eigenvalue weighted by atomic mass is 16.5. The van der Waals surface area contributed by atoms with Crippen LogP contribution < -0.4 is 5.32 Å². The summed E-state index contributed by atoms with van der Waals surface area (Å²) in [6.07, 6.45) is 2.47. The first-order valence-electron chi connectivity index (χ1n) is 7.02. The zero-order valence-electron chi connectivity index (χ0n) is 11.8. The predicted molar refractivity (Wildman–Crippen MR) is 75.8 cm³/mol. The number of hydrogen-bond acceptors (Lipinski definition) is 2. The molecular formula is C16H25NO. The Kier molecular flexibility index (Phi) is 4.41. The average Bonchev–Trinajstić information content (AvgIpc) is 2.39. The molecule has 0 aromatic heterocycles. The van der Waals surface area contributed by atoms with Crippen molar-refractivity contribution >= 4 is 0 Å². The van der Waals surface area contributed by atoms with Crippen molar-refractivity contribution in [1.82, 2.24) is 5.32 Å². The SMILES string of the molecule is CCC(C)(C)CNCC1OCCc2ccccc21. The van der Waals surface area contributed by atoms with Gasteiger partial charge in [0, 0.05) is 13.1 Å². The summed E-state index contributed by atoms with van der Waals surface area (Å²) in [6.45, 7) is 9.66. The molecule has 1 aliphatic rings. The van der Waals surface area contributed by atoms with Gasteiger partial charge in [-0.3, -0.25) is 0 Å². The lowest BCUT2D eigenvalue weighted by atomic mass is 9.90. The van der Waals surface area contributed by atoms with Crippen molar-refractivity contribution in [2.75, 3.05) is 19.7 Å². The maximum Gasteiger partial charge on any atom is 0.0952 e. The Morgan fingerprint density at radius 1 is 1.33 bits per heavy atom. The summed E-state index contributed by atoms with van der Waals surface area (Å²) >= 11 is 0. The number of nitrogens with one attached hydrogen (secondary N) is 1. The van der Waals surface area contributed by atoms with E-state index in [0.717, 1.165) is 26.1 Å². The van der Waals surface area contributed by atoms with E-state index in [4.69, 9.17) is 4.74 Å². The minimum absolute atomic E-state index is 0.225. The van der Waals surface area contributed by atoms with Crippen molar-refractivity contribution in [3.8, 4) is 0 Å². The topological polar surface area (TPSA) is 21.3 Å². The first kappa shape index (κ1) is 13.6. The lowest BCUT2D eigenvalue weighted by molar-refractivity contribution is 0.0409. The minimum atomic E-state index is 0.225. The van der Waals surface area contributed by atoms with E-state index in [9.17, 15) is 0 Å². The van der Waals surface area contributed by atoms with Gasteiger partial charge in [-0.1, -0.05) is 45.0 Å². The van der Waals surface area contributed by atoms with E-state index in [0.29, 0.717) is 5.41 Å². The smallest absolute Gasteiger partial charge is 0.0952 e. The Balaban J connectivity index is 1.92. The van der Waals surface area contributed by atoms with Gasteiger partial charge < -0.3 is 10.1 Å². The van der Waals surface area contributed by atoms with E-state index in [1.165, 1.54) is 17.5 Å². The van der Waals surface area contributed by atoms with Gasteiger partial charge in [-0.2, -0.15) is 0 Å². The second kappa shape index (κ2) is 5.85. The fourth-order valence-electron chi connectivity index (χ4n) is 2.31. The fraction of sp³-hybridized carbons (Fsp3) is 0.625. The van der Waals surface area contributed by atoms with Gasteiger partial charge in [-0.05, 0) is 29.4 Å². The third-order valence-corrected chi connectivity index (χ3v) is 3.98. The van der Waals surface area contributed by atoms with Gasteiger partial charge in [-0.25, -0.2) is 0 Å². The highest BCUT2D eigenvalue weighted by Gasteiger charge is 2.21. The molecule has 1 N–H and O–H groups in total. The van der Waals surface area contributed by atoms with Crippen LogP contribution in [0.4, 0.5) is 0 Å². The largest absolute Gasteiger partial charge is 0.372 e. The maximum atomic E-state index is 5.89. The summed E-state index contributed by atoms with van der Waals surface area (Å²) in [5.74, 6) is 0. The Morgan fingerprint density at radius 3 is 2.89 bits per heavy atom. The van der Waals surface area contributed by atoms with Crippen LogP contribution in [-0.4, -0.2) is 19.7 Å². The second-order valence-corrected chi connectivity index (χ2v) is 5.96. The molecule has 0 saturated carbocycles. The summed E-state index contributed by atoms with van der Waals surface area (Å²) in [5.41, 5.74) is 3.18. The summed E-state index contributed by atoms with van der Waals surface area (Å²) in [6, 6.07) is 8.65. The molecule has 1 unspecified atom stereocenters. The summed E-state index contributed by atoms with van der Waals surface area (Å²) in [4.78, 5) is 0. The zero-order valence-corrected chi connectivity index (χ0v) is 11.8. The zero-order chi connectivity index (χ0) is 13.0. The van der Waals surface area contributed by atoms with Crippen LogP contribution in [0.5, 0.6) is 0 Å². The number of ether oxygens (including phenoxy) is 1. The Bertz CT molecular complexity index is 386. The van der Waals surface area contributed by atoms with Crippen molar-refractivity contribution in [1.29, 1.82) is 0 Å². The average molecular weight is 247 g/mol. The number of rotatable bonds is 5. The third-order valence-electron chi connectivity index (χ3n) is 3.98. The van der Waals surface area contributed by atoms with E-state index in [2.05, 4.69) is 50.4 Å². The first-order chi connectivity index (χ1) is 8.62. The van der Waals surface area contributed by atoms with Crippen molar-refractivity contribution in [3.05, 3.63) is 35.4 Å². The van der Waals surface area contributed by atoms with E-state index in [1.54, 1.807) is 0 Å². The van der Waals surface area contributed by atoms with Crippen molar-refractivity contribution in [3.63, 3.8) is 0 Å². The summed E-state index contributed by atoms with van der Waals surface area (Å²) in [7, 11) is 0. The van der Waals surface area contributed by atoms with E-state index in [-0.39, 0.29) is 6.10 Å². The number of hydrogen-bond donors (Lipinski definition) is 1. The lowest BCUT2D eigenvalue weighted by Crippen LogP contribution is -2.34. The highest BCUT2D eigenvalue weighted by Crippen LogP contribution is 2.26. The standard InChI is InChI=1S/C16H25NO/c1-4-16(2,3)12-17-11-15-14-8-6-5-7-13(14)9-10-18-15/h5-8,15,17H,4,9-12H2,1-3H3. The van der Waals surface area contributed by atoms with E-state index in [1.807, 2.05) is 0 Å². The van der Waals surface area contributed by atoms with Crippen LogP contribution in [0.15, 0.2) is 24.3 Å². The molecule has 2 rings (SSSR count). The summed E-state index contributed by atoms with van der Waals surface area (Å²) in [5, 5.41) is 3.56. The molecule has 0 amide bonds. The van der Waals surface area contributed by atoms with Crippen molar-refractivity contribution in [2.45, 2.75) is 39.7 Å². The normalized spacial score (nSPS) is 19.6. The van der Waals surface area contributed by atoms with Crippen LogP contribution in [0.25, 0.3) is 0 Å². The second-order valence-electron chi connectivity index (χ2n) is 5.96. The van der Waals surface area contributed by atoms with Crippen LogP contribution in [0.1, 0.15) is 44.4 Å². The Labute approximate surface area is 111 Å². The molecule has 0 spiro atoms. The molecule has 1 atom stereocenters. The van der Waals surface area contributed by atoms with Crippen LogP contribution in [0.3, 0.4) is 0 Å². The lowest BCUT2D eigenvalue weighted by Gasteiger charge is -2.29. The first-order valence-corrected chi connectivity index (χ1v) is 7.02. The van der Waals surface area contributed by atoms with Gasteiger partial charge in [-0.15, -0.1) is 0 Å². The molecule has 2 nitrogen and oxygen atoms in total. The molecule has 18 heavy (non-hydrogen) atoms. The van der Waals surface area contributed by atoms with Crippen LogP contribution >= 0.6 is 0 Å². The molecule has 1 heterocycles. The van der Waals surface area contributed by atoms with E-state index >= 15 is 0 Å². The third kappa shape index (κ3) is 3.33. The van der Waals surface area contributed by atoms with Crippen molar-refractivity contribution in [2.24, 2.45) is 5.41 Å². The number of fused-ring (bicyclic) bond motifs is 1. The minimum Gasteiger partial charge on any atom is -0.372 e. The van der Waals surface area contributed by atoms with Crippen LogP contribution in [0, 0.1) is 5.41 Å². The molecule has 0 fully saturated rings. The van der Waals surface area contributed by atoms with Crippen LogP contribution in [-0.2, 0) is 11.2 Å². The predicted octanol–water partition coefficient (Wildman–Crippen LogP) is 3.33. The van der Waals surface area contributed by atoms with Gasteiger partial charge >= 0.3 is 0 Å². The molecule has 0 radical (unpaired) electrons.